The fourth-order valence-electron chi connectivity index (χ4n) is 0.975. The number of nitrogens with zero attached hydrogens (tertiary/aromatic N) is 2. The van der Waals surface area contributed by atoms with Crippen LogP contribution in [-0.4, -0.2) is 36.0 Å². The molecule has 0 aromatic carbocycles. The van der Waals surface area contributed by atoms with Gasteiger partial charge in [-0.1, -0.05) is 0 Å². The first-order chi connectivity index (χ1) is 5.59. The van der Waals surface area contributed by atoms with Gasteiger partial charge in [0.1, 0.15) is 0 Å². The number of rotatable bonds is 2. The molecular weight excluding hydrogens is 150 g/mol. The van der Waals surface area contributed by atoms with Crippen LogP contribution < -0.4 is 5.32 Å². The van der Waals surface area contributed by atoms with Gasteiger partial charge in [0.15, 0.2) is 5.96 Å². The van der Waals surface area contributed by atoms with Crippen LogP contribution in [0.1, 0.15) is 27.7 Å². The maximum Gasteiger partial charge on any atom is 0.194 e. The number of nitrogens with one attached hydrogen (secondary N) is 1. The molecule has 0 unspecified atom stereocenters. The lowest BCUT2D eigenvalue weighted by atomic mass is 10.4. The summed E-state index contributed by atoms with van der Waals surface area (Å²) in [4.78, 5) is 6.76. The molecule has 1 saturated heterocycles. The molecule has 0 saturated carbocycles. The maximum absolute atomic E-state index is 4.51. The summed E-state index contributed by atoms with van der Waals surface area (Å²) in [6.07, 6.45) is 0. The van der Waals surface area contributed by atoms with E-state index in [-0.39, 0.29) is 0 Å². The van der Waals surface area contributed by atoms with Crippen LogP contribution in [0.15, 0.2) is 4.99 Å². The minimum atomic E-state index is 0.381. The summed E-state index contributed by atoms with van der Waals surface area (Å²) in [5, 5.41) is 3.35. The highest BCUT2D eigenvalue weighted by molar-refractivity contribution is 5.82. The van der Waals surface area contributed by atoms with Crippen molar-refractivity contribution in [3.05, 3.63) is 0 Å². The van der Waals surface area contributed by atoms with E-state index >= 15 is 0 Å². The van der Waals surface area contributed by atoms with Crippen molar-refractivity contribution in [3.8, 4) is 0 Å². The fourth-order valence-corrected chi connectivity index (χ4v) is 0.975. The molecule has 1 fully saturated rings. The van der Waals surface area contributed by atoms with Gasteiger partial charge in [-0.05, 0) is 27.7 Å². The molecule has 1 aliphatic rings. The van der Waals surface area contributed by atoms with Crippen LogP contribution in [-0.2, 0) is 0 Å². The molecule has 0 spiro atoms. The van der Waals surface area contributed by atoms with Gasteiger partial charge in [-0.15, -0.1) is 0 Å². The number of hydrogen-bond donors (Lipinski definition) is 1. The summed E-state index contributed by atoms with van der Waals surface area (Å²) < 4.78 is 0. The van der Waals surface area contributed by atoms with Crippen LogP contribution in [0, 0.1) is 0 Å². The predicted octanol–water partition coefficient (Wildman–Crippen LogP) is 1.06. The average Bonchev–Trinajstić information content (AvgIpc) is 2.63. The molecular formula is C9H19N3. The quantitative estimate of drug-likeness (QED) is 0.380. The van der Waals surface area contributed by atoms with E-state index in [0.29, 0.717) is 12.1 Å². The molecule has 0 aromatic heterocycles. The normalized spacial score (nSPS) is 17.5. The van der Waals surface area contributed by atoms with Crippen molar-refractivity contribution >= 4 is 5.96 Å². The van der Waals surface area contributed by atoms with Crippen LogP contribution in [0.2, 0.25) is 0 Å². The van der Waals surface area contributed by atoms with Crippen LogP contribution in [0.25, 0.3) is 0 Å². The third-order valence-electron chi connectivity index (χ3n) is 1.55. The van der Waals surface area contributed by atoms with Gasteiger partial charge in [0.05, 0.1) is 0 Å². The predicted molar refractivity (Wildman–Crippen MR) is 52.4 cm³/mol. The first-order valence-electron chi connectivity index (χ1n) is 4.69. The molecule has 1 heterocycles. The summed E-state index contributed by atoms with van der Waals surface area (Å²) in [6, 6.07) is 0.856. The van der Waals surface area contributed by atoms with Gasteiger partial charge < -0.3 is 10.2 Å². The summed E-state index contributed by atoms with van der Waals surface area (Å²) in [5.74, 6) is 1.07. The van der Waals surface area contributed by atoms with Gasteiger partial charge in [0, 0.05) is 25.2 Å². The zero-order chi connectivity index (χ0) is 9.14. The van der Waals surface area contributed by atoms with Crippen molar-refractivity contribution in [2.75, 3.05) is 13.1 Å². The monoisotopic (exact) mass is 169 g/mol. The highest BCUT2D eigenvalue weighted by Crippen LogP contribution is 2.05. The SMILES string of the molecule is CC(C)N=C(NC(C)C)N1CC1. The lowest BCUT2D eigenvalue weighted by molar-refractivity contribution is 0.650. The zero-order valence-electron chi connectivity index (χ0n) is 8.46. The maximum atomic E-state index is 4.51. The lowest BCUT2D eigenvalue weighted by Crippen LogP contribution is -2.36. The topological polar surface area (TPSA) is 27.4 Å². The second-order valence-corrected chi connectivity index (χ2v) is 3.83. The summed E-state index contributed by atoms with van der Waals surface area (Å²) in [6.45, 7) is 10.8. The van der Waals surface area contributed by atoms with Crippen LogP contribution in [0.3, 0.4) is 0 Å². The van der Waals surface area contributed by atoms with E-state index in [1.54, 1.807) is 0 Å². The van der Waals surface area contributed by atoms with Crippen LogP contribution in [0.4, 0.5) is 0 Å². The largest absolute Gasteiger partial charge is 0.354 e. The summed E-state index contributed by atoms with van der Waals surface area (Å²) in [5.41, 5.74) is 0. The van der Waals surface area contributed by atoms with E-state index < -0.39 is 0 Å². The number of aliphatic imine (C=N–C) groups is 1. The average molecular weight is 169 g/mol. The molecule has 3 nitrogen and oxygen atoms in total. The lowest BCUT2D eigenvalue weighted by Gasteiger charge is -2.14. The van der Waals surface area contributed by atoms with Crippen LogP contribution in [0.5, 0.6) is 0 Å². The molecule has 0 bridgehead atoms. The summed E-state index contributed by atoms with van der Waals surface area (Å²) in [7, 11) is 0. The van der Waals surface area contributed by atoms with E-state index in [2.05, 4.69) is 42.9 Å². The molecule has 1 aliphatic heterocycles. The van der Waals surface area contributed by atoms with Crippen molar-refractivity contribution in [2.24, 2.45) is 4.99 Å². The van der Waals surface area contributed by atoms with Crippen molar-refractivity contribution in [3.63, 3.8) is 0 Å². The van der Waals surface area contributed by atoms with Crippen molar-refractivity contribution < 1.29 is 0 Å². The van der Waals surface area contributed by atoms with Crippen molar-refractivity contribution in [2.45, 2.75) is 39.8 Å². The zero-order valence-corrected chi connectivity index (χ0v) is 8.46. The highest BCUT2D eigenvalue weighted by Gasteiger charge is 2.22. The summed E-state index contributed by atoms with van der Waals surface area (Å²) >= 11 is 0. The third-order valence-corrected chi connectivity index (χ3v) is 1.55. The highest BCUT2D eigenvalue weighted by atomic mass is 15.4. The Bertz CT molecular complexity index is 169. The second-order valence-electron chi connectivity index (χ2n) is 3.83. The number of guanidine groups is 1. The van der Waals surface area contributed by atoms with Gasteiger partial charge in [-0.25, -0.2) is 0 Å². The third kappa shape index (κ3) is 3.11. The Balaban J connectivity index is 2.48. The van der Waals surface area contributed by atoms with E-state index in [4.69, 9.17) is 0 Å². The Labute approximate surface area is 74.9 Å². The van der Waals surface area contributed by atoms with Crippen molar-refractivity contribution in [1.29, 1.82) is 0 Å². The molecule has 1 rings (SSSR count). The Morgan fingerprint density at radius 1 is 1.25 bits per heavy atom. The Morgan fingerprint density at radius 2 is 1.83 bits per heavy atom. The van der Waals surface area contributed by atoms with Gasteiger partial charge in [0.25, 0.3) is 0 Å². The fraction of sp³-hybridized carbons (Fsp3) is 0.889. The van der Waals surface area contributed by atoms with E-state index in [1.807, 2.05) is 0 Å². The van der Waals surface area contributed by atoms with Gasteiger partial charge in [-0.3, -0.25) is 4.99 Å². The second kappa shape index (κ2) is 3.78. The minimum Gasteiger partial charge on any atom is -0.354 e. The molecule has 3 heteroatoms. The van der Waals surface area contributed by atoms with Gasteiger partial charge in [-0.2, -0.15) is 0 Å². The molecule has 0 amide bonds. The van der Waals surface area contributed by atoms with Gasteiger partial charge >= 0.3 is 0 Å². The molecule has 70 valence electrons. The first-order valence-corrected chi connectivity index (χ1v) is 4.69. The van der Waals surface area contributed by atoms with Gasteiger partial charge in [0.2, 0.25) is 0 Å². The molecule has 12 heavy (non-hydrogen) atoms. The first kappa shape index (κ1) is 9.36. The number of hydrogen-bond acceptors (Lipinski definition) is 1. The standard InChI is InChI=1S/C9H19N3/c1-7(2)10-9(11-8(3)4)12-5-6-12/h7-8H,5-6H2,1-4H3,(H,10,11). The molecule has 0 aliphatic carbocycles. The van der Waals surface area contributed by atoms with E-state index in [1.165, 1.54) is 0 Å². The molecule has 1 N–H and O–H groups in total. The van der Waals surface area contributed by atoms with E-state index in [0.717, 1.165) is 19.0 Å². The van der Waals surface area contributed by atoms with E-state index in [9.17, 15) is 0 Å². The smallest absolute Gasteiger partial charge is 0.194 e. The molecule has 0 radical (unpaired) electrons. The Hall–Kier alpha value is -0.730. The Morgan fingerprint density at radius 3 is 2.17 bits per heavy atom. The molecule has 0 atom stereocenters. The molecule has 0 aromatic rings. The minimum absolute atomic E-state index is 0.381. The Kier molecular flexibility index (Phi) is 2.95. The van der Waals surface area contributed by atoms with Crippen LogP contribution >= 0.6 is 0 Å². The van der Waals surface area contributed by atoms with Crippen molar-refractivity contribution in [1.82, 2.24) is 10.2 Å².